The molecular formula is C15H21N3O3. The van der Waals surface area contributed by atoms with Crippen LogP contribution in [0, 0.1) is 0 Å². The molecule has 114 valence electrons. The fraction of sp³-hybridized carbons (Fsp3) is 0.467. The Morgan fingerprint density at radius 1 is 1.33 bits per heavy atom. The highest BCUT2D eigenvalue weighted by atomic mass is 16.5. The summed E-state index contributed by atoms with van der Waals surface area (Å²) in [7, 11) is 0. The first kappa shape index (κ1) is 15.3. The topological polar surface area (TPSA) is 98.7 Å². The average molecular weight is 291 g/mol. The zero-order valence-corrected chi connectivity index (χ0v) is 12.3. The number of carbonyl (C=O) groups is 2. The van der Waals surface area contributed by atoms with Crippen LogP contribution in [0.1, 0.15) is 26.7 Å². The smallest absolute Gasteiger partial charge is 0.260 e. The average Bonchev–Trinajstić information content (AvgIpc) is 2.52. The van der Waals surface area contributed by atoms with Crippen molar-refractivity contribution in [3.8, 4) is 5.75 Å². The zero-order chi connectivity index (χ0) is 15.6. The quantitative estimate of drug-likeness (QED) is 0.856. The number of benzene rings is 1. The van der Waals surface area contributed by atoms with E-state index in [1.54, 1.807) is 18.2 Å². The van der Waals surface area contributed by atoms with Gasteiger partial charge in [0.2, 0.25) is 5.91 Å². The lowest BCUT2D eigenvalue weighted by Gasteiger charge is -2.38. The standard InChI is InChI=1S/C15H21N3O3/c1-3-15(17,4-2)14(20)18-9-12(13(16)19)21-11-8-6-5-7-10(11)18/h5-8,12H,3-4,9,17H2,1-2H3,(H2,16,19). The van der Waals surface area contributed by atoms with Gasteiger partial charge in [-0.1, -0.05) is 26.0 Å². The Morgan fingerprint density at radius 3 is 2.52 bits per heavy atom. The van der Waals surface area contributed by atoms with Gasteiger partial charge in [0.15, 0.2) is 6.10 Å². The van der Waals surface area contributed by atoms with Gasteiger partial charge in [-0.2, -0.15) is 0 Å². The molecule has 0 aliphatic carbocycles. The van der Waals surface area contributed by atoms with E-state index in [-0.39, 0.29) is 12.5 Å². The molecule has 0 saturated carbocycles. The molecule has 1 heterocycles. The van der Waals surface area contributed by atoms with E-state index in [0.717, 1.165) is 0 Å². The van der Waals surface area contributed by atoms with E-state index in [9.17, 15) is 9.59 Å². The van der Waals surface area contributed by atoms with Crippen LogP contribution in [0.5, 0.6) is 5.75 Å². The molecule has 1 unspecified atom stereocenters. The van der Waals surface area contributed by atoms with Gasteiger partial charge in [-0.15, -0.1) is 0 Å². The van der Waals surface area contributed by atoms with E-state index in [2.05, 4.69) is 0 Å². The van der Waals surface area contributed by atoms with Gasteiger partial charge < -0.3 is 21.1 Å². The summed E-state index contributed by atoms with van der Waals surface area (Å²) in [6, 6.07) is 7.07. The minimum atomic E-state index is -0.952. The number of hydrogen-bond donors (Lipinski definition) is 2. The number of para-hydroxylation sites is 2. The predicted octanol–water partition coefficient (Wildman–Crippen LogP) is 0.783. The molecule has 0 saturated heterocycles. The molecular weight excluding hydrogens is 270 g/mol. The van der Waals surface area contributed by atoms with E-state index in [4.69, 9.17) is 16.2 Å². The lowest BCUT2D eigenvalue weighted by molar-refractivity contribution is -0.127. The molecule has 1 atom stereocenters. The first-order chi connectivity index (χ1) is 9.92. The third-order valence-corrected chi connectivity index (χ3v) is 4.02. The van der Waals surface area contributed by atoms with Crippen LogP contribution in [0.3, 0.4) is 0 Å². The van der Waals surface area contributed by atoms with E-state index in [0.29, 0.717) is 24.3 Å². The van der Waals surface area contributed by atoms with Gasteiger partial charge in [0, 0.05) is 0 Å². The Balaban J connectivity index is 2.42. The third kappa shape index (κ3) is 2.71. The van der Waals surface area contributed by atoms with E-state index >= 15 is 0 Å². The number of amides is 2. The molecule has 0 radical (unpaired) electrons. The van der Waals surface area contributed by atoms with Crippen molar-refractivity contribution in [1.29, 1.82) is 0 Å². The van der Waals surface area contributed by atoms with Crippen LogP contribution < -0.4 is 21.1 Å². The summed E-state index contributed by atoms with van der Waals surface area (Å²) in [5.74, 6) is -0.345. The fourth-order valence-electron chi connectivity index (χ4n) is 2.40. The molecule has 4 N–H and O–H groups in total. The Hall–Kier alpha value is -2.08. The van der Waals surface area contributed by atoms with Crippen molar-refractivity contribution >= 4 is 17.5 Å². The van der Waals surface area contributed by atoms with Crippen LogP contribution in [0.25, 0.3) is 0 Å². The molecule has 2 rings (SSSR count). The SMILES string of the molecule is CCC(N)(CC)C(=O)N1CC(C(N)=O)Oc2ccccc21. The molecule has 0 fully saturated rings. The predicted molar refractivity (Wildman–Crippen MR) is 79.9 cm³/mol. The molecule has 2 amide bonds. The molecule has 0 aromatic heterocycles. The number of anilines is 1. The van der Waals surface area contributed by atoms with Crippen LogP contribution in [0.2, 0.25) is 0 Å². The summed E-state index contributed by atoms with van der Waals surface area (Å²) in [6.07, 6.45) is 0.174. The Kier molecular flexibility index (Phi) is 4.18. The molecule has 21 heavy (non-hydrogen) atoms. The number of nitrogens with zero attached hydrogens (tertiary/aromatic N) is 1. The monoisotopic (exact) mass is 291 g/mol. The van der Waals surface area contributed by atoms with Crippen molar-refractivity contribution in [3.63, 3.8) is 0 Å². The van der Waals surface area contributed by atoms with Crippen LogP contribution in [0.15, 0.2) is 24.3 Å². The lowest BCUT2D eigenvalue weighted by Crippen LogP contribution is -2.59. The summed E-state index contributed by atoms with van der Waals surface area (Å²) in [5.41, 5.74) is 11.2. The second kappa shape index (κ2) is 5.73. The highest BCUT2D eigenvalue weighted by Gasteiger charge is 2.40. The van der Waals surface area contributed by atoms with Gasteiger partial charge in [0.1, 0.15) is 5.75 Å². The van der Waals surface area contributed by atoms with Crippen molar-refractivity contribution in [2.45, 2.75) is 38.3 Å². The molecule has 1 aromatic rings. The van der Waals surface area contributed by atoms with Gasteiger partial charge in [0.05, 0.1) is 17.8 Å². The molecule has 1 aromatic carbocycles. The van der Waals surface area contributed by atoms with Crippen molar-refractivity contribution in [1.82, 2.24) is 0 Å². The normalized spacial score (nSPS) is 17.9. The minimum Gasteiger partial charge on any atom is -0.477 e. The van der Waals surface area contributed by atoms with Gasteiger partial charge >= 0.3 is 0 Å². The second-order valence-electron chi connectivity index (χ2n) is 5.26. The zero-order valence-electron chi connectivity index (χ0n) is 12.3. The molecule has 6 heteroatoms. The summed E-state index contributed by atoms with van der Waals surface area (Å²) < 4.78 is 5.54. The number of carbonyl (C=O) groups excluding carboxylic acids is 2. The fourth-order valence-corrected chi connectivity index (χ4v) is 2.40. The number of ether oxygens (including phenoxy) is 1. The van der Waals surface area contributed by atoms with Crippen LogP contribution in [-0.2, 0) is 9.59 Å². The van der Waals surface area contributed by atoms with Crippen molar-refractivity contribution in [3.05, 3.63) is 24.3 Å². The van der Waals surface area contributed by atoms with E-state index in [1.165, 1.54) is 4.90 Å². The van der Waals surface area contributed by atoms with E-state index < -0.39 is 17.6 Å². The molecule has 1 aliphatic rings. The van der Waals surface area contributed by atoms with Crippen molar-refractivity contribution in [2.75, 3.05) is 11.4 Å². The van der Waals surface area contributed by atoms with Gasteiger partial charge in [-0.3, -0.25) is 9.59 Å². The summed E-state index contributed by atoms with van der Waals surface area (Å²) in [4.78, 5) is 25.8. The van der Waals surface area contributed by atoms with Crippen LogP contribution >= 0.6 is 0 Å². The maximum atomic E-state index is 12.8. The van der Waals surface area contributed by atoms with Crippen LogP contribution in [0.4, 0.5) is 5.69 Å². The molecule has 0 bridgehead atoms. The minimum absolute atomic E-state index is 0.0874. The second-order valence-corrected chi connectivity index (χ2v) is 5.26. The molecule has 1 aliphatic heterocycles. The Morgan fingerprint density at radius 2 is 1.95 bits per heavy atom. The molecule has 0 spiro atoms. The first-order valence-corrected chi connectivity index (χ1v) is 7.08. The van der Waals surface area contributed by atoms with E-state index in [1.807, 2.05) is 19.9 Å². The number of fused-ring (bicyclic) bond motifs is 1. The highest BCUT2D eigenvalue weighted by molar-refractivity contribution is 6.02. The number of primary amides is 1. The Labute approximate surface area is 124 Å². The summed E-state index contributed by atoms with van der Waals surface area (Å²) in [5, 5.41) is 0. The number of rotatable bonds is 4. The Bertz CT molecular complexity index is 555. The van der Waals surface area contributed by atoms with Gasteiger partial charge in [-0.25, -0.2) is 0 Å². The summed E-state index contributed by atoms with van der Waals surface area (Å²) in [6.45, 7) is 3.84. The van der Waals surface area contributed by atoms with Crippen molar-refractivity contribution < 1.29 is 14.3 Å². The largest absolute Gasteiger partial charge is 0.477 e. The van der Waals surface area contributed by atoms with Crippen molar-refractivity contribution in [2.24, 2.45) is 11.5 Å². The first-order valence-electron chi connectivity index (χ1n) is 7.08. The van der Waals surface area contributed by atoms with Gasteiger partial charge in [-0.05, 0) is 25.0 Å². The maximum Gasteiger partial charge on any atom is 0.260 e. The van der Waals surface area contributed by atoms with Crippen LogP contribution in [-0.4, -0.2) is 30.0 Å². The summed E-state index contributed by atoms with van der Waals surface area (Å²) >= 11 is 0. The maximum absolute atomic E-state index is 12.8. The number of hydrogen-bond acceptors (Lipinski definition) is 4. The molecule has 6 nitrogen and oxygen atoms in total. The number of nitrogens with two attached hydrogens (primary N) is 2. The highest BCUT2D eigenvalue weighted by Crippen LogP contribution is 2.34. The van der Waals surface area contributed by atoms with Gasteiger partial charge in [0.25, 0.3) is 5.91 Å². The lowest BCUT2D eigenvalue weighted by atomic mass is 9.91. The third-order valence-electron chi connectivity index (χ3n) is 4.02.